The van der Waals surface area contributed by atoms with Crippen LogP contribution in [0.2, 0.25) is 0 Å². The molecule has 1 aliphatic rings. The minimum Gasteiger partial charge on any atom is -0.353 e. The Morgan fingerprint density at radius 1 is 1.45 bits per heavy atom. The Bertz CT molecular complexity index is 707. The van der Waals surface area contributed by atoms with E-state index in [4.69, 9.17) is 0 Å². The van der Waals surface area contributed by atoms with Gasteiger partial charge < -0.3 is 14.6 Å². The van der Waals surface area contributed by atoms with Gasteiger partial charge in [0.15, 0.2) is 0 Å². The van der Waals surface area contributed by atoms with Gasteiger partial charge in [0.25, 0.3) is 5.91 Å². The summed E-state index contributed by atoms with van der Waals surface area (Å²) in [5, 5.41) is 2.85. The highest BCUT2D eigenvalue weighted by Crippen LogP contribution is 2.18. The molecule has 1 saturated heterocycles. The van der Waals surface area contributed by atoms with Crippen molar-refractivity contribution in [2.24, 2.45) is 5.92 Å². The largest absolute Gasteiger partial charge is 0.353 e. The van der Waals surface area contributed by atoms with Crippen LogP contribution in [-0.2, 0) is 4.79 Å². The number of carbonyl (C=O) groups excluding carboxylic acids is 2. The second-order valence-electron chi connectivity index (χ2n) is 6.05. The van der Waals surface area contributed by atoms with E-state index in [1.54, 1.807) is 29.6 Å². The highest BCUT2D eigenvalue weighted by molar-refractivity contribution is 5.98. The first-order valence-electron chi connectivity index (χ1n) is 7.57. The highest BCUT2D eigenvalue weighted by atomic mass is 16.2. The van der Waals surface area contributed by atoms with Crippen LogP contribution in [0.15, 0.2) is 30.7 Å². The van der Waals surface area contributed by atoms with Gasteiger partial charge in [-0.05, 0) is 24.5 Å². The lowest BCUT2D eigenvalue weighted by Crippen LogP contribution is -2.57. The van der Waals surface area contributed by atoms with E-state index in [-0.39, 0.29) is 17.9 Å². The molecule has 0 saturated carbocycles. The van der Waals surface area contributed by atoms with Crippen molar-refractivity contribution in [1.29, 1.82) is 0 Å². The highest BCUT2D eigenvalue weighted by Gasteiger charge is 2.33. The van der Waals surface area contributed by atoms with E-state index in [0.717, 1.165) is 5.65 Å². The molecule has 0 radical (unpaired) electrons. The molecule has 2 amide bonds. The van der Waals surface area contributed by atoms with Crippen LogP contribution in [0.3, 0.4) is 0 Å². The Morgan fingerprint density at radius 2 is 2.27 bits per heavy atom. The number of nitrogens with one attached hydrogen (secondary N) is 1. The van der Waals surface area contributed by atoms with Crippen LogP contribution < -0.4 is 5.32 Å². The quantitative estimate of drug-likeness (QED) is 0.929. The van der Waals surface area contributed by atoms with Crippen molar-refractivity contribution in [3.8, 4) is 0 Å². The smallest absolute Gasteiger partial charge is 0.256 e. The van der Waals surface area contributed by atoms with Crippen LogP contribution in [0.4, 0.5) is 0 Å². The molecule has 1 atom stereocenters. The van der Waals surface area contributed by atoms with E-state index in [0.29, 0.717) is 31.0 Å². The van der Waals surface area contributed by atoms with Crippen LogP contribution >= 0.6 is 0 Å². The second-order valence-corrected chi connectivity index (χ2v) is 6.05. The third kappa shape index (κ3) is 2.68. The number of amides is 2. The molecule has 22 heavy (non-hydrogen) atoms. The predicted octanol–water partition coefficient (Wildman–Crippen LogP) is 1.32. The monoisotopic (exact) mass is 300 g/mol. The number of hydrogen-bond donors (Lipinski definition) is 1. The fraction of sp³-hybridized carbons (Fsp3) is 0.438. The molecule has 6 heteroatoms. The fourth-order valence-electron chi connectivity index (χ4n) is 2.85. The van der Waals surface area contributed by atoms with E-state index >= 15 is 0 Å². The number of pyridine rings is 1. The van der Waals surface area contributed by atoms with Gasteiger partial charge in [-0.2, -0.15) is 0 Å². The van der Waals surface area contributed by atoms with E-state index in [9.17, 15) is 9.59 Å². The molecule has 3 heterocycles. The molecule has 0 bridgehead atoms. The average Bonchev–Trinajstić information content (AvgIpc) is 2.95. The van der Waals surface area contributed by atoms with E-state index in [2.05, 4.69) is 24.1 Å². The summed E-state index contributed by atoms with van der Waals surface area (Å²) in [5.74, 6) is 0.188. The Kier molecular flexibility index (Phi) is 3.83. The molecule has 0 spiro atoms. The first-order valence-corrected chi connectivity index (χ1v) is 7.57. The normalized spacial score (nSPS) is 18.8. The number of hydrogen-bond acceptors (Lipinski definition) is 3. The van der Waals surface area contributed by atoms with Crippen molar-refractivity contribution >= 4 is 17.5 Å². The first-order chi connectivity index (χ1) is 10.6. The maximum Gasteiger partial charge on any atom is 0.256 e. The summed E-state index contributed by atoms with van der Waals surface area (Å²) in [6.45, 7) is 5.17. The zero-order chi connectivity index (χ0) is 15.7. The van der Waals surface area contributed by atoms with Gasteiger partial charge in [0, 0.05) is 31.7 Å². The lowest BCUT2D eigenvalue weighted by molar-refractivity contribution is -0.128. The van der Waals surface area contributed by atoms with Gasteiger partial charge in [-0.1, -0.05) is 13.8 Å². The standard InChI is InChI=1S/C16H20N4O2/c1-11(2)9-13-15(21)18-6-8-20(13)16(22)12-3-4-14-17-5-7-19(14)10-12/h3-5,7,10-11,13H,6,8-9H2,1-2H3,(H,18,21). The number of nitrogens with zero attached hydrogens (tertiary/aromatic N) is 3. The molecule has 6 nitrogen and oxygen atoms in total. The predicted molar refractivity (Wildman–Crippen MR) is 82.5 cm³/mol. The SMILES string of the molecule is CC(C)CC1C(=O)NCCN1C(=O)c1ccc2nccn2c1. The molecule has 116 valence electrons. The Hall–Kier alpha value is -2.37. The van der Waals surface area contributed by atoms with Gasteiger partial charge in [-0.15, -0.1) is 0 Å². The molecule has 1 N–H and O–H groups in total. The van der Waals surface area contributed by atoms with Gasteiger partial charge >= 0.3 is 0 Å². The van der Waals surface area contributed by atoms with Gasteiger partial charge in [0.05, 0.1) is 5.56 Å². The van der Waals surface area contributed by atoms with Crippen molar-refractivity contribution in [2.75, 3.05) is 13.1 Å². The fourth-order valence-corrected chi connectivity index (χ4v) is 2.85. The number of rotatable bonds is 3. The Balaban J connectivity index is 1.89. The van der Waals surface area contributed by atoms with Crippen molar-refractivity contribution in [2.45, 2.75) is 26.3 Å². The number of aromatic nitrogens is 2. The van der Waals surface area contributed by atoms with Crippen molar-refractivity contribution in [3.63, 3.8) is 0 Å². The van der Waals surface area contributed by atoms with Gasteiger partial charge in [-0.25, -0.2) is 4.98 Å². The summed E-state index contributed by atoms with van der Waals surface area (Å²) in [6, 6.07) is 3.19. The van der Waals surface area contributed by atoms with E-state index < -0.39 is 0 Å². The number of carbonyl (C=O) groups is 2. The average molecular weight is 300 g/mol. The Morgan fingerprint density at radius 3 is 3.05 bits per heavy atom. The summed E-state index contributed by atoms with van der Waals surface area (Å²) in [4.78, 5) is 30.8. The van der Waals surface area contributed by atoms with Crippen LogP contribution in [0.1, 0.15) is 30.6 Å². The van der Waals surface area contributed by atoms with Crippen molar-refractivity contribution in [1.82, 2.24) is 19.6 Å². The molecule has 1 unspecified atom stereocenters. The minimum atomic E-state index is -0.389. The van der Waals surface area contributed by atoms with E-state index in [1.807, 2.05) is 10.5 Å². The lowest BCUT2D eigenvalue weighted by Gasteiger charge is -2.36. The summed E-state index contributed by atoms with van der Waals surface area (Å²) in [7, 11) is 0. The number of fused-ring (bicyclic) bond motifs is 1. The minimum absolute atomic E-state index is 0.0583. The second kappa shape index (κ2) is 5.79. The third-order valence-electron chi connectivity index (χ3n) is 3.92. The first kappa shape index (κ1) is 14.6. The molecule has 3 rings (SSSR count). The molecule has 1 aliphatic heterocycles. The summed E-state index contributed by atoms with van der Waals surface area (Å²) < 4.78 is 1.81. The maximum absolute atomic E-state index is 12.8. The zero-order valence-corrected chi connectivity index (χ0v) is 12.8. The van der Waals surface area contributed by atoms with Crippen molar-refractivity contribution < 1.29 is 9.59 Å². The number of piperazine rings is 1. The molecule has 0 aliphatic carbocycles. The Labute approximate surface area is 129 Å². The third-order valence-corrected chi connectivity index (χ3v) is 3.92. The lowest BCUT2D eigenvalue weighted by atomic mass is 9.99. The van der Waals surface area contributed by atoms with Crippen LogP contribution in [-0.4, -0.2) is 45.2 Å². The van der Waals surface area contributed by atoms with E-state index in [1.165, 1.54) is 0 Å². The van der Waals surface area contributed by atoms with Crippen LogP contribution in [0.25, 0.3) is 5.65 Å². The summed E-state index contributed by atoms with van der Waals surface area (Å²) in [5.41, 5.74) is 1.38. The molecule has 2 aromatic rings. The van der Waals surface area contributed by atoms with Gasteiger partial charge in [0.1, 0.15) is 11.7 Å². The molecular formula is C16H20N4O2. The molecular weight excluding hydrogens is 280 g/mol. The number of imidazole rings is 1. The van der Waals surface area contributed by atoms with Gasteiger partial charge in [0.2, 0.25) is 5.91 Å². The maximum atomic E-state index is 12.8. The molecule has 1 fully saturated rings. The molecule has 2 aromatic heterocycles. The zero-order valence-electron chi connectivity index (χ0n) is 12.8. The topological polar surface area (TPSA) is 66.7 Å². The molecule has 0 aromatic carbocycles. The van der Waals surface area contributed by atoms with Crippen LogP contribution in [0, 0.1) is 5.92 Å². The summed E-state index contributed by atoms with van der Waals surface area (Å²) in [6.07, 6.45) is 5.94. The van der Waals surface area contributed by atoms with Crippen LogP contribution in [0.5, 0.6) is 0 Å². The van der Waals surface area contributed by atoms with Gasteiger partial charge in [-0.3, -0.25) is 9.59 Å². The van der Waals surface area contributed by atoms with Crippen molar-refractivity contribution in [3.05, 3.63) is 36.3 Å². The summed E-state index contributed by atoms with van der Waals surface area (Å²) >= 11 is 0.